The van der Waals surface area contributed by atoms with Gasteiger partial charge in [0.15, 0.2) is 5.82 Å². The van der Waals surface area contributed by atoms with Gasteiger partial charge in [-0.3, -0.25) is 4.79 Å². The molecule has 0 aliphatic rings. The van der Waals surface area contributed by atoms with Crippen LogP contribution in [0.4, 0.5) is 0 Å². The number of amides is 1. The standard InChI is InChI=1S/C12H16N6O3/c1-4-21-12(20)8-9(11-14-5-6-17(11)3)18(16-15-8)7(2)10(13)19/h5-7H,4H2,1-3H3,(H2,13,19). The Bertz CT molecular complexity index is 674. The molecule has 0 fully saturated rings. The molecule has 0 spiro atoms. The second-order valence-corrected chi connectivity index (χ2v) is 4.39. The van der Waals surface area contributed by atoms with Crippen LogP contribution in [0.5, 0.6) is 0 Å². The van der Waals surface area contributed by atoms with E-state index >= 15 is 0 Å². The highest BCUT2D eigenvalue weighted by molar-refractivity contribution is 5.93. The Balaban J connectivity index is 2.61. The summed E-state index contributed by atoms with van der Waals surface area (Å²) in [5.74, 6) is -0.777. The van der Waals surface area contributed by atoms with Gasteiger partial charge < -0.3 is 15.0 Å². The number of nitrogens with two attached hydrogens (primary N) is 1. The molecule has 0 saturated carbocycles. The molecule has 1 unspecified atom stereocenters. The number of rotatable bonds is 5. The summed E-state index contributed by atoms with van der Waals surface area (Å²) in [7, 11) is 1.75. The number of carbonyl (C=O) groups is 2. The minimum absolute atomic E-state index is 0.000694. The first-order valence-corrected chi connectivity index (χ1v) is 6.36. The zero-order valence-corrected chi connectivity index (χ0v) is 12.0. The average molecular weight is 292 g/mol. The third-order valence-electron chi connectivity index (χ3n) is 2.97. The van der Waals surface area contributed by atoms with Crippen molar-refractivity contribution < 1.29 is 14.3 Å². The van der Waals surface area contributed by atoms with E-state index < -0.39 is 17.9 Å². The molecule has 0 radical (unpaired) electrons. The van der Waals surface area contributed by atoms with Crippen molar-refractivity contribution >= 4 is 11.9 Å². The molecule has 0 bridgehead atoms. The third-order valence-corrected chi connectivity index (χ3v) is 2.97. The van der Waals surface area contributed by atoms with E-state index in [-0.39, 0.29) is 12.3 Å². The van der Waals surface area contributed by atoms with Gasteiger partial charge in [0.2, 0.25) is 11.6 Å². The van der Waals surface area contributed by atoms with Crippen molar-refractivity contribution in [2.45, 2.75) is 19.9 Å². The van der Waals surface area contributed by atoms with Crippen molar-refractivity contribution in [1.29, 1.82) is 0 Å². The third kappa shape index (κ3) is 2.62. The summed E-state index contributed by atoms with van der Waals surface area (Å²) in [6, 6.07) is -0.771. The van der Waals surface area contributed by atoms with Gasteiger partial charge in [-0.2, -0.15) is 0 Å². The largest absolute Gasteiger partial charge is 0.461 e. The lowest BCUT2D eigenvalue weighted by Gasteiger charge is -2.11. The summed E-state index contributed by atoms with van der Waals surface area (Å²) in [6.45, 7) is 3.46. The Morgan fingerprint density at radius 2 is 2.19 bits per heavy atom. The Morgan fingerprint density at radius 1 is 1.48 bits per heavy atom. The van der Waals surface area contributed by atoms with Gasteiger partial charge in [0.05, 0.1) is 6.61 Å². The molecule has 0 aliphatic heterocycles. The monoisotopic (exact) mass is 292 g/mol. The maximum Gasteiger partial charge on any atom is 0.361 e. The smallest absolute Gasteiger partial charge is 0.361 e. The highest BCUT2D eigenvalue weighted by Crippen LogP contribution is 2.23. The van der Waals surface area contributed by atoms with Crippen LogP contribution in [-0.4, -0.2) is 43.0 Å². The zero-order chi connectivity index (χ0) is 15.6. The van der Waals surface area contributed by atoms with E-state index in [4.69, 9.17) is 10.5 Å². The number of imidazole rings is 1. The molecule has 9 nitrogen and oxygen atoms in total. The van der Waals surface area contributed by atoms with Crippen LogP contribution in [0.25, 0.3) is 11.5 Å². The van der Waals surface area contributed by atoms with Gasteiger partial charge in [0.25, 0.3) is 0 Å². The zero-order valence-electron chi connectivity index (χ0n) is 12.0. The molecule has 2 aromatic rings. The Kier molecular flexibility index (Phi) is 4.01. The van der Waals surface area contributed by atoms with E-state index in [0.717, 1.165) is 0 Å². The molecule has 1 atom stereocenters. The van der Waals surface area contributed by atoms with Crippen LogP contribution in [0.1, 0.15) is 30.4 Å². The summed E-state index contributed by atoms with van der Waals surface area (Å²) in [6.07, 6.45) is 3.27. The minimum Gasteiger partial charge on any atom is -0.461 e. The number of hydrogen-bond acceptors (Lipinski definition) is 6. The Labute approximate surface area is 120 Å². The number of aromatic nitrogens is 5. The Hall–Kier alpha value is -2.71. The van der Waals surface area contributed by atoms with E-state index in [2.05, 4.69) is 15.3 Å². The predicted molar refractivity (Wildman–Crippen MR) is 72.1 cm³/mol. The fourth-order valence-corrected chi connectivity index (χ4v) is 1.82. The van der Waals surface area contributed by atoms with Gasteiger partial charge in [-0.05, 0) is 13.8 Å². The fraction of sp³-hybridized carbons (Fsp3) is 0.417. The molecule has 2 aromatic heterocycles. The fourth-order valence-electron chi connectivity index (χ4n) is 1.82. The molecule has 112 valence electrons. The van der Waals surface area contributed by atoms with Gasteiger partial charge in [-0.1, -0.05) is 5.21 Å². The quantitative estimate of drug-likeness (QED) is 0.769. The number of nitrogens with zero attached hydrogens (tertiary/aromatic N) is 5. The molecule has 0 aliphatic carbocycles. The first-order chi connectivity index (χ1) is 9.97. The summed E-state index contributed by atoms with van der Waals surface area (Å²) in [4.78, 5) is 27.6. The maximum atomic E-state index is 12.0. The predicted octanol–water partition coefficient (Wildman–Crippen LogP) is -0.0984. The minimum atomic E-state index is -0.771. The lowest BCUT2D eigenvalue weighted by molar-refractivity contribution is -0.120. The van der Waals surface area contributed by atoms with E-state index in [9.17, 15) is 9.59 Å². The Morgan fingerprint density at radius 3 is 2.71 bits per heavy atom. The van der Waals surface area contributed by atoms with E-state index in [1.807, 2.05) is 0 Å². The van der Waals surface area contributed by atoms with Crippen LogP contribution in [-0.2, 0) is 16.6 Å². The summed E-state index contributed by atoms with van der Waals surface area (Å²) < 4.78 is 7.91. The van der Waals surface area contributed by atoms with Crippen LogP contribution in [0, 0.1) is 0 Å². The van der Waals surface area contributed by atoms with Gasteiger partial charge >= 0.3 is 5.97 Å². The highest BCUT2D eigenvalue weighted by Gasteiger charge is 2.28. The lowest BCUT2D eigenvalue weighted by atomic mass is 10.2. The summed E-state index contributed by atoms with van der Waals surface area (Å²) in [5.41, 5.74) is 5.60. The van der Waals surface area contributed by atoms with Gasteiger partial charge in [-0.15, -0.1) is 5.10 Å². The van der Waals surface area contributed by atoms with Crippen molar-refractivity contribution in [3.63, 3.8) is 0 Å². The molecule has 2 heterocycles. The normalized spacial score (nSPS) is 12.1. The number of primary amides is 1. The van der Waals surface area contributed by atoms with E-state index in [0.29, 0.717) is 11.5 Å². The molecule has 2 N–H and O–H groups in total. The number of hydrogen-bond donors (Lipinski definition) is 1. The van der Waals surface area contributed by atoms with Crippen molar-refractivity contribution in [1.82, 2.24) is 24.5 Å². The molecular weight excluding hydrogens is 276 g/mol. The van der Waals surface area contributed by atoms with E-state index in [1.54, 1.807) is 37.9 Å². The van der Waals surface area contributed by atoms with Crippen LogP contribution in [0.3, 0.4) is 0 Å². The van der Waals surface area contributed by atoms with Crippen molar-refractivity contribution in [3.05, 3.63) is 18.1 Å². The second kappa shape index (κ2) is 5.73. The molecule has 1 amide bonds. The molecule has 0 aromatic carbocycles. The summed E-state index contributed by atoms with van der Waals surface area (Å²) in [5, 5.41) is 7.66. The number of esters is 1. The molecule has 2 rings (SSSR count). The maximum absolute atomic E-state index is 12.0. The molecular formula is C12H16N6O3. The van der Waals surface area contributed by atoms with Crippen molar-refractivity contribution in [2.75, 3.05) is 6.61 Å². The van der Waals surface area contributed by atoms with Crippen LogP contribution < -0.4 is 5.73 Å². The average Bonchev–Trinajstić information content (AvgIpc) is 3.03. The van der Waals surface area contributed by atoms with Crippen molar-refractivity contribution in [2.24, 2.45) is 12.8 Å². The molecule has 9 heteroatoms. The second-order valence-electron chi connectivity index (χ2n) is 4.39. The van der Waals surface area contributed by atoms with Crippen LogP contribution >= 0.6 is 0 Å². The van der Waals surface area contributed by atoms with Crippen LogP contribution in [0.2, 0.25) is 0 Å². The summed E-state index contributed by atoms with van der Waals surface area (Å²) >= 11 is 0. The number of aryl methyl sites for hydroxylation is 1. The molecule has 0 saturated heterocycles. The van der Waals surface area contributed by atoms with Crippen molar-refractivity contribution in [3.8, 4) is 11.5 Å². The van der Waals surface area contributed by atoms with Gasteiger partial charge in [0, 0.05) is 19.4 Å². The SMILES string of the molecule is CCOC(=O)c1nnn(C(C)C(N)=O)c1-c1nccn1C. The molecule has 21 heavy (non-hydrogen) atoms. The van der Waals surface area contributed by atoms with Gasteiger partial charge in [0.1, 0.15) is 11.7 Å². The highest BCUT2D eigenvalue weighted by atomic mass is 16.5. The van der Waals surface area contributed by atoms with Gasteiger partial charge in [-0.25, -0.2) is 14.5 Å². The first kappa shape index (κ1) is 14.7. The topological polar surface area (TPSA) is 118 Å². The number of carbonyl (C=O) groups excluding carboxylic acids is 2. The first-order valence-electron chi connectivity index (χ1n) is 6.36. The van der Waals surface area contributed by atoms with E-state index in [1.165, 1.54) is 4.68 Å². The lowest BCUT2D eigenvalue weighted by Crippen LogP contribution is -2.26. The van der Waals surface area contributed by atoms with Crippen LogP contribution in [0.15, 0.2) is 12.4 Å². The number of ether oxygens (including phenoxy) is 1.